The maximum Gasteiger partial charge on any atom is 0.267 e. The van der Waals surface area contributed by atoms with E-state index in [2.05, 4.69) is 5.32 Å². The number of para-hydroxylation sites is 1. The van der Waals surface area contributed by atoms with Gasteiger partial charge in [-0.05, 0) is 24.0 Å². The Labute approximate surface area is 167 Å². The van der Waals surface area contributed by atoms with E-state index in [9.17, 15) is 29.8 Å². The van der Waals surface area contributed by atoms with E-state index < -0.39 is 41.5 Å². The fourth-order valence-corrected chi connectivity index (χ4v) is 4.98. The molecule has 0 spiro atoms. The largest absolute Gasteiger partial charge is 0.393 e. The highest BCUT2D eigenvalue weighted by molar-refractivity contribution is 6.17. The number of amides is 3. The molecule has 1 aromatic rings. The van der Waals surface area contributed by atoms with Crippen molar-refractivity contribution in [3.05, 3.63) is 29.8 Å². The highest BCUT2D eigenvalue weighted by Crippen LogP contribution is 2.43. The molecule has 3 aliphatic rings. The Hall–Kier alpha value is -2.33. The number of aliphatic hydroxyl groups is 2. The van der Waals surface area contributed by atoms with Gasteiger partial charge in [0.2, 0.25) is 5.91 Å². The molecule has 5 N–H and O–H groups in total. The van der Waals surface area contributed by atoms with Gasteiger partial charge in [0.15, 0.2) is 11.1 Å². The molecule has 1 aromatic carbocycles. The summed E-state index contributed by atoms with van der Waals surface area (Å²) >= 11 is 0. The third-order valence-electron chi connectivity index (χ3n) is 6.65. The van der Waals surface area contributed by atoms with Gasteiger partial charge in [-0.1, -0.05) is 43.9 Å². The van der Waals surface area contributed by atoms with Crippen molar-refractivity contribution in [3.63, 3.8) is 0 Å². The van der Waals surface area contributed by atoms with Crippen LogP contribution in [0.15, 0.2) is 24.3 Å². The number of fused-ring (bicyclic) bond motifs is 1. The number of nitrogens with zero attached hydrogens (tertiary/aromatic N) is 1. The Morgan fingerprint density at radius 2 is 1.83 bits per heavy atom. The van der Waals surface area contributed by atoms with Crippen molar-refractivity contribution >= 4 is 23.4 Å². The van der Waals surface area contributed by atoms with Gasteiger partial charge >= 0.3 is 0 Å². The van der Waals surface area contributed by atoms with Crippen LogP contribution in [0.4, 0.5) is 5.69 Å². The van der Waals surface area contributed by atoms with Crippen LogP contribution in [0.25, 0.3) is 0 Å². The molecule has 1 saturated heterocycles. The summed E-state index contributed by atoms with van der Waals surface area (Å²) in [6, 6.07) is 5.87. The molecule has 0 unspecified atom stereocenters. The third kappa shape index (κ3) is 2.80. The van der Waals surface area contributed by atoms with Crippen LogP contribution in [0.1, 0.15) is 37.7 Å². The molecule has 1 saturated carbocycles. The Bertz CT molecular complexity index is 854. The number of carbonyl (C=O) groups excluding carboxylic acids is 3. The van der Waals surface area contributed by atoms with Crippen molar-refractivity contribution < 1.29 is 29.8 Å². The molecule has 3 atom stereocenters. The van der Waals surface area contributed by atoms with Crippen LogP contribution in [-0.2, 0) is 20.8 Å². The molecule has 2 heterocycles. The third-order valence-corrected chi connectivity index (χ3v) is 6.65. The van der Waals surface area contributed by atoms with Gasteiger partial charge in [-0.2, -0.15) is 5.48 Å². The number of aliphatic hydroxyl groups excluding tert-OH is 1. The van der Waals surface area contributed by atoms with Gasteiger partial charge in [0.1, 0.15) is 6.04 Å². The standard InChI is InChI=1S/C20H25N3O6/c24-11-20(28)18(27)23(15-9-13-7-3-4-8-14(13)21-16(15)25)17(26)19(20,22-29)10-12-5-1-2-6-12/h3-4,7-8,12,15,22,24,28-29H,1-2,5-6,9-11H2,(H,21,25)/t15-,19-,20-/m0/s1. The van der Waals surface area contributed by atoms with Gasteiger partial charge < -0.3 is 20.7 Å². The molecule has 156 valence electrons. The van der Waals surface area contributed by atoms with Crippen LogP contribution in [-0.4, -0.2) is 61.8 Å². The van der Waals surface area contributed by atoms with Crippen molar-refractivity contribution in [3.8, 4) is 0 Å². The second kappa shape index (κ2) is 7.17. The second-order valence-electron chi connectivity index (χ2n) is 8.24. The number of hydrogen-bond acceptors (Lipinski definition) is 7. The molecule has 29 heavy (non-hydrogen) atoms. The van der Waals surface area contributed by atoms with E-state index >= 15 is 0 Å². The van der Waals surface area contributed by atoms with Crippen LogP contribution in [0.3, 0.4) is 0 Å². The van der Waals surface area contributed by atoms with E-state index in [4.69, 9.17) is 0 Å². The second-order valence-corrected chi connectivity index (χ2v) is 8.24. The molecule has 3 amide bonds. The molecular weight excluding hydrogens is 378 g/mol. The van der Waals surface area contributed by atoms with Crippen molar-refractivity contribution in [1.29, 1.82) is 0 Å². The molecule has 9 nitrogen and oxygen atoms in total. The van der Waals surface area contributed by atoms with Gasteiger partial charge in [-0.25, -0.2) is 0 Å². The molecule has 0 radical (unpaired) electrons. The maximum absolute atomic E-state index is 13.4. The summed E-state index contributed by atoms with van der Waals surface area (Å²) in [6.45, 7) is -1.06. The lowest BCUT2D eigenvalue weighted by atomic mass is 9.75. The predicted molar refractivity (Wildman–Crippen MR) is 101 cm³/mol. The number of carbonyl (C=O) groups is 3. The molecule has 2 fully saturated rings. The van der Waals surface area contributed by atoms with Gasteiger partial charge in [-0.15, -0.1) is 0 Å². The van der Waals surface area contributed by atoms with Crippen molar-refractivity contribution in [2.45, 2.75) is 55.7 Å². The number of hydrogen-bond donors (Lipinski definition) is 5. The molecule has 0 aromatic heterocycles. The van der Waals surface area contributed by atoms with E-state index in [1.807, 2.05) is 5.48 Å². The van der Waals surface area contributed by atoms with Crippen LogP contribution >= 0.6 is 0 Å². The zero-order chi connectivity index (χ0) is 20.8. The zero-order valence-corrected chi connectivity index (χ0v) is 15.9. The quantitative estimate of drug-likeness (QED) is 0.343. The van der Waals surface area contributed by atoms with E-state index in [1.165, 1.54) is 0 Å². The average Bonchev–Trinajstić information content (AvgIpc) is 3.29. The lowest BCUT2D eigenvalue weighted by molar-refractivity contribution is -0.161. The van der Waals surface area contributed by atoms with Crippen LogP contribution in [0.2, 0.25) is 0 Å². The Morgan fingerprint density at radius 3 is 2.48 bits per heavy atom. The van der Waals surface area contributed by atoms with Crippen LogP contribution in [0.5, 0.6) is 0 Å². The maximum atomic E-state index is 13.4. The average molecular weight is 403 g/mol. The molecule has 2 aliphatic heterocycles. The molecule has 0 bridgehead atoms. The number of nitrogens with one attached hydrogen (secondary N) is 2. The summed E-state index contributed by atoms with van der Waals surface area (Å²) in [7, 11) is 0. The fraction of sp³-hybridized carbons (Fsp3) is 0.550. The summed E-state index contributed by atoms with van der Waals surface area (Å²) in [4.78, 5) is 40.0. The Morgan fingerprint density at radius 1 is 1.14 bits per heavy atom. The van der Waals surface area contributed by atoms with E-state index in [0.29, 0.717) is 10.6 Å². The number of likely N-dealkylation sites (tertiary alicyclic amines) is 1. The Balaban J connectivity index is 1.72. The summed E-state index contributed by atoms with van der Waals surface area (Å²) in [6.07, 6.45) is 3.58. The van der Waals surface area contributed by atoms with E-state index in [1.54, 1.807) is 24.3 Å². The number of rotatable bonds is 5. The molecule has 4 rings (SSSR count). The first-order valence-corrected chi connectivity index (χ1v) is 9.89. The first-order chi connectivity index (χ1) is 13.9. The topological polar surface area (TPSA) is 139 Å². The summed E-state index contributed by atoms with van der Waals surface area (Å²) in [5, 5.41) is 33.6. The van der Waals surface area contributed by atoms with Gasteiger partial charge in [0, 0.05) is 12.1 Å². The lowest BCUT2D eigenvalue weighted by Crippen LogP contribution is -2.67. The first kappa shape index (κ1) is 20.0. The van der Waals surface area contributed by atoms with Crippen molar-refractivity contribution in [2.24, 2.45) is 5.92 Å². The van der Waals surface area contributed by atoms with Crippen LogP contribution < -0.4 is 10.8 Å². The molecule has 9 heteroatoms. The van der Waals surface area contributed by atoms with E-state index in [-0.39, 0.29) is 18.8 Å². The summed E-state index contributed by atoms with van der Waals surface area (Å²) in [5.41, 5.74) is -1.43. The number of benzene rings is 1. The van der Waals surface area contributed by atoms with Crippen LogP contribution in [0, 0.1) is 5.92 Å². The zero-order valence-electron chi connectivity index (χ0n) is 15.9. The van der Waals surface area contributed by atoms with Gasteiger partial charge in [0.05, 0.1) is 6.61 Å². The van der Waals surface area contributed by atoms with Crippen molar-refractivity contribution in [1.82, 2.24) is 10.4 Å². The summed E-state index contributed by atoms with van der Waals surface area (Å²) in [5.74, 6) is -2.53. The first-order valence-electron chi connectivity index (χ1n) is 9.89. The lowest BCUT2D eigenvalue weighted by Gasteiger charge is -2.37. The molecule has 1 aliphatic carbocycles. The van der Waals surface area contributed by atoms with Gasteiger partial charge in [-0.3, -0.25) is 19.3 Å². The monoisotopic (exact) mass is 403 g/mol. The van der Waals surface area contributed by atoms with Crippen molar-refractivity contribution in [2.75, 3.05) is 11.9 Å². The SMILES string of the molecule is O=C1Nc2ccccc2C[C@@H]1N1C(=O)[C@](CC2CCCC2)(NO)[C@](O)(CO)C1=O. The Kier molecular flexibility index (Phi) is 4.94. The molecular formula is C20H25N3O6. The minimum absolute atomic E-state index is 0.00494. The number of hydroxylamine groups is 1. The predicted octanol–water partition coefficient (Wildman–Crippen LogP) is -0.0601. The smallest absolute Gasteiger partial charge is 0.267 e. The minimum atomic E-state index is -2.56. The minimum Gasteiger partial charge on any atom is -0.393 e. The highest BCUT2D eigenvalue weighted by atomic mass is 16.5. The highest BCUT2D eigenvalue weighted by Gasteiger charge is 2.71. The number of anilines is 1. The number of imide groups is 1. The van der Waals surface area contributed by atoms with E-state index in [0.717, 1.165) is 31.2 Å². The van der Waals surface area contributed by atoms with Gasteiger partial charge in [0.25, 0.3) is 11.8 Å². The summed E-state index contributed by atoms with van der Waals surface area (Å²) < 4.78 is 0. The normalized spacial score (nSPS) is 32.6. The fourth-order valence-electron chi connectivity index (χ4n) is 4.98.